The van der Waals surface area contributed by atoms with Crippen LogP contribution < -0.4 is 14.8 Å². The lowest BCUT2D eigenvalue weighted by Crippen LogP contribution is -2.45. The Morgan fingerprint density at radius 3 is 2.50 bits per heavy atom. The Balaban J connectivity index is 1.72. The van der Waals surface area contributed by atoms with Crippen LogP contribution in [0.2, 0.25) is 0 Å². The average molecular weight is 330 g/mol. The number of carbonyl (C=O) groups excluding carboxylic acids is 2. The number of furan rings is 1. The van der Waals surface area contributed by atoms with Crippen LogP contribution in [0.5, 0.6) is 11.5 Å². The summed E-state index contributed by atoms with van der Waals surface area (Å²) in [7, 11) is 3.16. The molecule has 3 amide bonds. The molecule has 24 heavy (non-hydrogen) atoms. The van der Waals surface area contributed by atoms with Gasteiger partial charge < -0.3 is 18.8 Å². The van der Waals surface area contributed by atoms with E-state index >= 15 is 0 Å². The summed E-state index contributed by atoms with van der Waals surface area (Å²) in [4.78, 5) is 25.8. The molecule has 1 aromatic carbocycles. The number of nitrogens with one attached hydrogen (secondary N) is 1. The summed E-state index contributed by atoms with van der Waals surface area (Å²) in [6.45, 7) is 0.909. The molecule has 0 aliphatic carbocycles. The minimum Gasteiger partial charge on any atom is -0.493 e. The van der Waals surface area contributed by atoms with Gasteiger partial charge in [-0.1, -0.05) is 0 Å². The molecule has 126 valence electrons. The lowest BCUT2D eigenvalue weighted by molar-refractivity contribution is 0.0922. The molecule has 0 spiro atoms. The number of hydrogen-bond acceptors (Lipinski definition) is 5. The Labute approximate surface area is 139 Å². The first-order valence-corrected chi connectivity index (χ1v) is 7.50. The van der Waals surface area contributed by atoms with Gasteiger partial charge in [0.15, 0.2) is 17.3 Å². The Morgan fingerprint density at radius 2 is 1.88 bits per heavy atom. The largest absolute Gasteiger partial charge is 0.493 e. The summed E-state index contributed by atoms with van der Waals surface area (Å²) >= 11 is 0. The highest BCUT2D eigenvalue weighted by Crippen LogP contribution is 2.33. The predicted octanol–water partition coefficient (Wildman–Crippen LogP) is 2.20. The third-order valence-electron chi connectivity index (χ3n) is 3.97. The van der Waals surface area contributed by atoms with Gasteiger partial charge in [0.1, 0.15) is 0 Å². The smallest absolute Gasteiger partial charge is 0.324 e. The van der Waals surface area contributed by atoms with E-state index < -0.39 is 11.9 Å². The number of fused-ring (bicyclic) bond motifs is 1. The predicted molar refractivity (Wildman–Crippen MR) is 85.2 cm³/mol. The van der Waals surface area contributed by atoms with Crippen LogP contribution in [0, 0.1) is 0 Å². The maximum Gasteiger partial charge on any atom is 0.324 e. The fourth-order valence-electron chi connectivity index (χ4n) is 2.70. The number of rotatable bonds is 3. The fraction of sp³-hybridized carbons (Fsp3) is 0.294. The first kappa shape index (κ1) is 15.9. The van der Waals surface area contributed by atoms with Crippen molar-refractivity contribution in [1.29, 1.82) is 0 Å². The van der Waals surface area contributed by atoms with E-state index in [9.17, 15) is 9.59 Å². The van der Waals surface area contributed by atoms with Crippen molar-refractivity contribution in [2.75, 3.05) is 20.8 Å². The van der Waals surface area contributed by atoms with Gasteiger partial charge in [-0.15, -0.1) is 0 Å². The summed E-state index contributed by atoms with van der Waals surface area (Å²) < 4.78 is 15.6. The molecule has 0 radical (unpaired) electrons. The van der Waals surface area contributed by atoms with E-state index in [2.05, 4.69) is 5.32 Å². The molecule has 7 heteroatoms. The normalized spacial score (nSPS) is 13.2. The van der Waals surface area contributed by atoms with Crippen molar-refractivity contribution in [1.82, 2.24) is 10.2 Å². The number of imide groups is 1. The van der Waals surface area contributed by atoms with Crippen molar-refractivity contribution in [2.24, 2.45) is 0 Å². The fourth-order valence-corrected chi connectivity index (χ4v) is 2.70. The molecule has 7 nitrogen and oxygen atoms in total. The van der Waals surface area contributed by atoms with E-state index in [1.807, 2.05) is 12.1 Å². The lowest BCUT2D eigenvalue weighted by Gasteiger charge is -2.29. The summed E-state index contributed by atoms with van der Waals surface area (Å²) in [5.74, 6) is 0.836. The highest BCUT2D eigenvalue weighted by molar-refractivity contribution is 6.02. The Bertz CT molecular complexity index is 755. The van der Waals surface area contributed by atoms with E-state index in [1.165, 1.54) is 12.3 Å². The van der Waals surface area contributed by atoms with Crippen molar-refractivity contribution >= 4 is 11.9 Å². The highest BCUT2D eigenvalue weighted by atomic mass is 16.5. The van der Waals surface area contributed by atoms with Crippen molar-refractivity contribution < 1.29 is 23.5 Å². The number of nitrogens with zero attached hydrogens (tertiary/aromatic N) is 1. The molecule has 0 atom stereocenters. The van der Waals surface area contributed by atoms with Gasteiger partial charge >= 0.3 is 6.03 Å². The minimum atomic E-state index is -0.553. The van der Waals surface area contributed by atoms with Crippen molar-refractivity contribution in [2.45, 2.75) is 13.0 Å². The van der Waals surface area contributed by atoms with Gasteiger partial charge in [-0.25, -0.2) is 4.79 Å². The molecule has 2 heterocycles. The number of ether oxygens (including phenoxy) is 2. The highest BCUT2D eigenvalue weighted by Gasteiger charge is 2.24. The maximum absolute atomic E-state index is 12.3. The Hall–Kier alpha value is -2.96. The van der Waals surface area contributed by atoms with Crippen LogP contribution >= 0.6 is 0 Å². The number of hydrogen-bond donors (Lipinski definition) is 1. The first-order valence-electron chi connectivity index (χ1n) is 7.50. The number of carbonyl (C=O) groups is 2. The number of urea groups is 1. The van der Waals surface area contributed by atoms with Crippen LogP contribution in [0.1, 0.15) is 21.7 Å². The molecule has 1 aromatic heterocycles. The SMILES string of the molecule is COc1cc2c(cc1OC)CN(C(=O)NC(=O)c1ccco1)CC2. The van der Waals surface area contributed by atoms with Crippen LogP contribution in [0.4, 0.5) is 4.79 Å². The number of amides is 3. The zero-order chi connectivity index (χ0) is 17.1. The van der Waals surface area contributed by atoms with Crippen LogP contribution in [-0.2, 0) is 13.0 Å². The molecule has 0 saturated heterocycles. The summed E-state index contributed by atoms with van der Waals surface area (Å²) in [5, 5.41) is 2.33. The average Bonchev–Trinajstić information content (AvgIpc) is 3.14. The Kier molecular flexibility index (Phi) is 4.41. The third kappa shape index (κ3) is 3.05. The summed E-state index contributed by atoms with van der Waals surface area (Å²) in [6, 6.07) is 6.44. The zero-order valence-electron chi connectivity index (χ0n) is 13.5. The lowest BCUT2D eigenvalue weighted by atomic mass is 9.99. The number of methoxy groups -OCH3 is 2. The van der Waals surface area contributed by atoms with E-state index in [4.69, 9.17) is 13.9 Å². The molecule has 0 bridgehead atoms. The van der Waals surface area contributed by atoms with Gasteiger partial charge in [0.25, 0.3) is 5.91 Å². The van der Waals surface area contributed by atoms with E-state index in [0.717, 1.165) is 11.1 Å². The molecule has 0 fully saturated rings. The van der Waals surface area contributed by atoms with Crippen LogP contribution in [0.25, 0.3) is 0 Å². The monoisotopic (exact) mass is 330 g/mol. The first-order chi connectivity index (χ1) is 11.6. The van der Waals surface area contributed by atoms with Crippen LogP contribution in [0.15, 0.2) is 34.9 Å². The number of benzene rings is 1. The van der Waals surface area contributed by atoms with Gasteiger partial charge in [0.05, 0.1) is 20.5 Å². The van der Waals surface area contributed by atoms with Crippen molar-refractivity contribution in [3.8, 4) is 11.5 Å². The third-order valence-corrected chi connectivity index (χ3v) is 3.97. The van der Waals surface area contributed by atoms with Crippen LogP contribution in [0.3, 0.4) is 0 Å². The molecular weight excluding hydrogens is 312 g/mol. The second-order valence-corrected chi connectivity index (χ2v) is 5.38. The van der Waals surface area contributed by atoms with Gasteiger partial charge in [0, 0.05) is 13.1 Å². The van der Waals surface area contributed by atoms with Crippen molar-refractivity contribution in [3.05, 3.63) is 47.4 Å². The second kappa shape index (κ2) is 6.66. The molecule has 1 aliphatic heterocycles. The van der Waals surface area contributed by atoms with Crippen molar-refractivity contribution in [3.63, 3.8) is 0 Å². The van der Waals surface area contributed by atoms with Gasteiger partial charge in [0.2, 0.25) is 0 Å². The molecule has 1 aliphatic rings. The maximum atomic E-state index is 12.3. The quantitative estimate of drug-likeness (QED) is 0.933. The zero-order valence-corrected chi connectivity index (χ0v) is 13.5. The molecule has 0 unspecified atom stereocenters. The van der Waals surface area contributed by atoms with Gasteiger partial charge in [-0.05, 0) is 41.8 Å². The molecular formula is C17H18N2O5. The molecule has 0 saturated carbocycles. The van der Waals surface area contributed by atoms with E-state index in [-0.39, 0.29) is 5.76 Å². The molecule has 2 aromatic rings. The van der Waals surface area contributed by atoms with Gasteiger partial charge in [-0.3, -0.25) is 10.1 Å². The molecule has 1 N–H and O–H groups in total. The minimum absolute atomic E-state index is 0.104. The Morgan fingerprint density at radius 1 is 1.17 bits per heavy atom. The summed E-state index contributed by atoms with van der Waals surface area (Å²) in [6.07, 6.45) is 2.06. The standard InChI is InChI=1S/C17H18N2O5/c1-22-14-8-11-5-6-19(10-12(11)9-15(14)23-2)17(21)18-16(20)13-4-3-7-24-13/h3-4,7-9H,5-6,10H2,1-2H3,(H,18,20,21). The van der Waals surface area contributed by atoms with E-state index in [0.29, 0.717) is 31.0 Å². The second-order valence-electron chi connectivity index (χ2n) is 5.38. The summed E-state index contributed by atoms with van der Waals surface area (Å²) in [5.41, 5.74) is 2.08. The topological polar surface area (TPSA) is 81.0 Å². The van der Waals surface area contributed by atoms with Crippen LogP contribution in [-0.4, -0.2) is 37.6 Å². The molecule has 3 rings (SSSR count). The van der Waals surface area contributed by atoms with E-state index in [1.54, 1.807) is 25.2 Å². The van der Waals surface area contributed by atoms with Gasteiger partial charge in [-0.2, -0.15) is 0 Å².